The molecule has 1 atom stereocenters. The van der Waals surface area contributed by atoms with Crippen LogP contribution in [0.25, 0.3) is 0 Å². The van der Waals surface area contributed by atoms with E-state index in [-0.39, 0.29) is 21.6 Å². The van der Waals surface area contributed by atoms with E-state index in [4.69, 9.17) is 11.6 Å². The minimum absolute atomic E-state index is 0.131. The summed E-state index contributed by atoms with van der Waals surface area (Å²) in [7, 11) is -4.69. The van der Waals surface area contributed by atoms with Crippen molar-refractivity contribution in [3.8, 4) is 0 Å². The predicted molar refractivity (Wildman–Crippen MR) is 99.8 cm³/mol. The summed E-state index contributed by atoms with van der Waals surface area (Å²) in [6.45, 7) is 0. The van der Waals surface area contributed by atoms with E-state index in [2.05, 4.69) is 5.32 Å². The summed E-state index contributed by atoms with van der Waals surface area (Å²) in [4.78, 5) is 12.5. The third-order valence-corrected chi connectivity index (χ3v) is 6.39. The molecule has 5 nitrogen and oxygen atoms in total. The number of carbonyl (C=O) groups excluding carboxylic acids is 1. The molecular formula is C18H16ClF3N2O3S. The summed E-state index contributed by atoms with van der Waals surface area (Å²) >= 11 is 5.97. The molecule has 1 amide bonds. The lowest BCUT2D eigenvalue weighted by Crippen LogP contribution is -2.38. The van der Waals surface area contributed by atoms with Crippen LogP contribution < -0.4 is 9.62 Å². The van der Waals surface area contributed by atoms with Gasteiger partial charge in [-0.15, -0.1) is 0 Å². The predicted octanol–water partition coefficient (Wildman–Crippen LogP) is 4.04. The second kappa shape index (κ2) is 7.29. The minimum Gasteiger partial charge on any atom is -0.345 e. The van der Waals surface area contributed by atoms with E-state index in [1.165, 1.54) is 12.1 Å². The fourth-order valence-corrected chi connectivity index (χ4v) is 4.00. The molecule has 1 aliphatic carbocycles. The van der Waals surface area contributed by atoms with Gasteiger partial charge in [0, 0.05) is 17.6 Å². The number of nitrogens with one attached hydrogen (secondary N) is 1. The molecule has 0 saturated heterocycles. The molecule has 1 aliphatic rings. The van der Waals surface area contributed by atoms with Crippen molar-refractivity contribution in [3.63, 3.8) is 0 Å². The number of amides is 1. The molecule has 0 aromatic heterocycles. The molecule has 0 heterocycles. The van der Waals surface area contributed by atoms with E-state index in [1.807, 2.05) is 12.1 Å². The van der Waals surface area contributed by atoms with Crippen LogP contribution in [0.5, 0.6) is 0 Å². The lowest BCUT2D eigenvalue weighted by atomic mass is 10.1. The van der Waals surface area contributed by atoms with Crippen molar-refractivity contribution < 1.29 is 26.4 Å². The van der Waals surface area contributed by atoms with Crippen LogP contribution in [0.15, 0.2) is 42.5 Å². The van der Waals surface area contributed by atoms with Gasteiger partial charge in [-0.3, -0.25) is 9.10 Å². The molecule has 0 fully saturated rings. The van der Waals surface area contributed by atoms with Crippen LogP contribution in [0.4, 0.5) is 18.9 Å². The highest BCUT2D eigenvalue weighted by Gasteiger charge is 2.49. The van der Waals surface area contributed by atoms with Crippen molar-refractivity contribution in [1.29, 1.82) is 0 Å². The van der Waals surface area contributed by atoms with Crippen molar-refractivity contribution in [2.45, 2.75) is 24.4 Å². The maximum absolute atomic E-state index is 12.6. The van der Waals surface area contributed by atoms with E-state index in [1.54, 1.807) is 6.07 Å². The number of halogens is 4. The van der Waals surface area contributed by atoms with Gasteiger partial charge in [0.15, 0.2) is 0 Å². The largest absolute Gasteiger partial charge is 0.516 e. The molecule has 0 unspecified atom stereocenters. The second-order valence-corrected chi connectivity index (χ2v) is 8.77. The normalized spacial score (nSPS) is 16.5. The molecule has 2 aromatic rings. The Morgan fingerprint density at radius 2 is 1.82 bits per heavy atom. The highest BCUT2D eigenvalue weighted by molar-refractivity contribution is 7.93. The van der Waals surface area contributed by atoms with Crippen LogP contribution >= 0.6 is 11.6 Å². The SMILES string of the molecule is CN(c1ccc(C(=O)N[C@@H]2CCc3cc(Cl)ccc32)cc1)S(=O)(=O)C(F)(F)F. The van der Waals surface area contributed by atoms with E-state index < -0.39 is 21.4 Å². The van der Waals surface area contributed by atoms with Crippen LogP contribution in [-0.2, 0) is 16.4 Å². The topological polar surface area (TPSA) is 66.5 Å². The number of sulfonamides is 1. The lowest BCUT2D eigenvalue weighted by Gasteiger charge is -2.21. The number of hydrogen-bond acceptors (Lipinski definition) is 3. The molecule has 0 radical (unpaired) electrons. The molecular weight excluding hydrogens is 417 g/mol. The molecule has 0 saturated carbocycles. The monoisotopic (exact) mass is 432 g/mol. The van der Waals surface area contributed by atoms with Gasteiger partial charge in [-0.1, -0.05) is 17.7 Å². The average molecular weight is 433 g/mol. The van der Waals surface area contributed by atoms with E-state index in [0.717, 1.165) is 36.7 Å². The number of anilines is 1. The van der Waals surface area contributed by atoms with Crippen molar-refractivity contribution in [2.24, 2.45) is 0 Å². The molecule has 2 aromatic carbocycles. The van der Waals surface area contributed by atoms with E-state index >= 15 is 0 Å². The van der Waals surface area contributed by atoms with Gasteiger partial charge in [0.2, 0.25) is 0 Å². The first kappa shape index (κ1) is 20.5. The molecule has 150 valence electrons. The van der Waals surface area contributed by atoms with Crippen molar-refractivity contribution in [1.82, 2.24) is 5.32 Å². The zero-order valence-electron chi connectivity index (χ0n) is 14.6. The fraction of sp³-hybridized carbons (Fsp3) is 0.278. The number of alkyl halides is 3. The van der Waals surface area contributed by atoms with E-state index in [0.29, 0.717) is 11.4 Å². The third kappa shape index (κ3) is 3.81. The number of aryl methyl sites for hydroxylation is 1. The van der Waals surface area contributed by atoms with Gasteiger partial charge in [-0.25, -0.2) is 0 Å². The first-order chi connectivity index (χ1) is 13.0. The average Bonchev–Trinajstić information content (AvgIpc) is 3.02. The first-order valence-electron chi connectivity index (χ1n) is 8.25. The van der Waals surface area contributed by atoms with E-state index in [9.17, 15) is 26.4 Å². The molecule has 1 N–H and O–H groups in total. The molecule has 0 aliphatic heterocycles. The Morgan fingerprint density at radius 3 is 2.43 bits per heavy atom. The number of benzene rings is 2. The van der Waals surface area contributed by atoms with Crippen LogP contribution in [0.1, 0.15) is 33.9 Å². The summed E-state index contributed by atoms with van der Waals surface area (Å²) in [6, 6.07) is 10.1. The maximum Gasteiger partial charge on any atom is 0.516 e. The summed E-state index contributed by atoms with van der Waals surface area (Å²) in [5.41, 5.74) is -3.35. The molecule has 3 rings (SSSR count). The molecule has 10 heteroatoms. The Kier molecular flexibility index (Phi) is 5.33. The Morgan fingerprint density at radius 1 is 1.18 bits per heavy atom. The van der Waals surface area contributed by atoms with Gasteiger partial charge in [0.25, 0.3) is 5.91 Å². The summed E-state index contributed by atoms with van der Waals surface area (Å²) < 4.78 is 61.0. The summed E-state index contributed by atoms with van der Waals surface area (Å²) in [6.07, 6.45) is 1.49. The van der Waals surface area contributed by atoms with Crippen molar-refractivity contribution in [3.05, 3.63) is 64.2 Å². The quantitative estimate of drug-likeness (QED) is 0.792. The smallest absolute Gasteiger partial charge is 0.345 e. The summed E-state index contributed by atoms with van der Waals surface area (Å²) in [5.74, 6) is -0.402. The van der Waals surface area contributed by atoms with Crippen LogP contribution in [0, 0.1) is 0 Å². The number of carbonyl (C=O) groups is 1. The third-order valence-electron chi connectivity index (χ3n) is 4.63. The fourth-order valence-electron chi connectivity index (χ4n) is 3.09. The number of hydrogen-bond donors (Lipinski definition) is 1. The van der Waals surface area contributed by atoms with Crippen LogP contribution in [0.2, 0.25) is 5.02 Å². The molecule has 28 heavy (non-hydrogen) atoms. The Labute approximate surface area is 165 Å². The maximum atomic E-state index is 12.6. The molecule has 0 bridgehead atoms. The first-order valence-corrected chi connectivity index (χ1v) is 10.1. The Bertz CT molecular complexity index is 1010. The number of rotatable bonds is 4. The standard InChI is InChI=1S/C18H16ClF3N2O3S/c1-24(28(26,27)18(20,21)22)14-6-2-11(3-7-14)17(25)23-16-9-4-12-10-13(19)5-8-15(12)16/h2-3,5-8,10,16H,4,9H2,1H3,(H,23,25)/t16-/m1/s1. The molecule has 0 spiro atoms. The van der Waals surface area contributed by atoms with Crippen molar-refractivity contribution in [2.75, 3.05) is 11.4 Å². The van der Waals surface area contributed by atoms with Crippen LogP contribution in [0.3, 0.4) is 0 Å². The highest BCUT2D eigenvalue weighted by Crippen LogP contribution is 2.33. The van der Waals surface area contributed by atoms with Gasteiger partial charge in [-0.05, 0) is 60.4 Å². The van der Waals surface area contributed by atoms with Gasteiger partial charge < -0.3 is 5.32 Å². The zero-order chi connectivity index (χ0) is 20.7. The van der Waals surface area contributed by atoms with Crippen molar-refractivity contribution >= 4 is 33.2 Å². The Balaban J connectivity index is 1.73. The number of nitrogens with zero attached hydrogens (tertiary/aromatic N) is 1. The van der Waals surface area contributed by atoms with Gasteiger partial charge >= 0.3 is 15.5 Å². The highest BCUT2D eigenvalue weighted by atomic mass is 35.5. The zero-order valence-corrected chi connectivity index (χ0v) is 16.2. The summed E-state index contributed by atoms with van der Waals surface area (Å²) in [5, 5.41) is 3.50. The second-order valence-electron chi connectivity index (χ2n) is 6.37. The van der Waals surface area contributed by atoms with Gasteiger partial charge in [0.1, 0.15) is 0 Å². The lowest BCUT2D eigenvalue weighted by molar-refractivity contribution is -0.0437. The number of fused-ring (bicyclic) bond motifs is 1. The minimum atomic E-state index is -5.50. The Hall–Kier alpha value is -2.26. The van der Waals surface area contributed by atoms with Gasteiger partial charge in [0.05, 0.1) is 11.7 Å². The van der Waals surface area contributed by atoms with Gasteiger partial charge in [-0.2, -0.15) is 21.6 Å². The van der Waals surface area contributed by atoms with Crippen LogP contribution in [-0.4, -0.2) is 26.9 Å².